The molecule has 3 rings (SSSR count). The minimum Gasteiger partial charge on any atom is -0.321 e. The summed E-state index contributed by atoms with van der Waals surface area (Å²) < 4.78 is 0. The van der Waals surface area contributed by atoms with Crippen molar-refractivity contribution in [3.63, 3.8) is 0 Å². The molecule has 2 N–H and O–H groups in total. The summed E-state index contributed by atoms with van der Waals surface area (Å²) in [4.78, 5) is 24.3. The van der Waals surface area contributed by atoms with Gasteiger partial charge >= 0.3 is 0 Å². The summed E-state index contributed by atoms with van der Waals surface area (Å²) in [5.41, 5.74) is 1.09. The Morgan fingerprint density at radius 3 is 2.76 bits per heavy atom. The molecule has 0 saturated carbocycles. The summed E-state index contributed by atoms with van der Waals surface area (Å²) >= 11 is 1.33. The number of nitrogens with one attached hydrogen (secondary N) is 2. The normalized spacial score (nSPS) is 10.1. The van der Waals surface area contributed by atoms with Crippen LogP contribution >= 0.6 is 11.3 Å². The highest BCUT2D eigenvalue weighted by Gasteiger charge is 2.11. The second-order valence-electron chi connectivity index (χ2n) is 4.07. The number of thiazole rings is 1. The van der Waals surface area contributed by atoms with Gasteiger partial charge in [0.15, 0.2) is 10.9 Å². The number of benzene rings is 1. The molecule has 0 aliphatic rings. The Morgan fingerprint density at radius 1 is 1.14 bits per heavy atom. The fraction of sp³-hybridized carbons (Fsp3) is 0. The van der Waals surface area contributed by atoms with Gasteiger partial charge in [0, 0.05) is 23.5 Å². The highest BCUT2D eigenvalue weighted by molar-refractivity contribution is 7.14. The van der Waals surface area contributed by atoms with E-state index in [2.05, 4.69) is 25.6 Å². The Morgan fingerprint density at radius 2 is 2.00 bits per heavy atom. The lowest BCUT2D eigenvalue weighted by Gasteiger charge is -2.02. The Labute approximate surface area is 124 Å². The second kappa shape index (κ2) is 6.10. The van der Waals surface area contributed by atoms with Crippen molar-refractivity contribution in [3.05, 3.63) is 60.0 Å². The molecule has 0 fully saturated rings. The van der Waals surface area contributed by atoms with Gasteiger partial charge in [-0.2, -0.15) is 0 Å². The standard InChI is InChI=1S/C14H11N5OS/c20-13(17-10-4-2-1-3-5-10)11-9-21-14(18-11)19-12-8-15-6-7-16-12/h1-9H,(H,17,20)(H,16,18,19). The molecule has 2 aromatic heterocycles. The summed E-state index contributed by atoms with van der Waals surface area (Å²) in [6.45, 7) is 0. The molecule has 3 aromatic rings. The van der Waals surface area contributed by atoms with Crippen LogP contribution in [0.25, 0.3) is 0 Å². The number of hydrogen-bond donors (Lipinski definition) is 2. The van der Waals surface area contributed by atoms with Gasteiger partial charge in [-0.1, -0.05) is 18.2 Å². The van der Waals surface area contributed by atoms with Crippen LogP contribution in [0, 0.1) is 0 Å². The van der Waals surface area contributed by atoms with Crippen LogP contribution in [-0.2, 0) is 0 Å². The first-order valence-electron chi connectivity index (χ1n) is 6.16. The van der Waals surface area contributed by atoms with Gasteiger partial charge < -0.3 is 10.6 Å². The van der Waals surface area contributed by atoms with Crippen molar-refractivity contribution < 1.29 is 4.79 Å². The van der Waals surface area contributed by atoms with E-state index in [4.69, 9.17) is 0 Å². The number of aromatic nitrogens is 3. The van der Waals surface area contributed by atoms with Crippen molar-refractivity contribution >= 4 is 33.9 Å². The third kappa shape index (κ3) is 3.40. The molecule has 7 heteroatoms. The largest absolute Gasteiger partial charge is 0.321 e. The molecule has 0 atom stereocenters. The molecule has 2 heterocycles. The van der Waals surface area contributed by atoms with Crippen molar-refractivity contribution in [1.29, 1.82) is 0 Å². The molecule has 1 amide bonds. The van der Waals surface area contributed by atoms with Crippen LogP contribution in [-0.4, -0.2) is 20.9 Å². The average Bonchev–Trinajstić information content (AvgIpc) is 2.98. The van der Waals surface area contributed by atoms with Gasteiger partial charge in [-0.3, -0.25) is 9.78 Å². The molecule has 0 radical (unpaired) electrons. The molecule has 1 aromatic carbocycles. The van der Waals surface area contributed by atoms with Gasteiger partial charge in [0.1, 0.15) is 5.69 Å². The van der Waals surface area contributed by atoms with E-state index in [0.29, 0.717) is 16.6 Å². The van der Waals surface area contributed by atoms with Gasteiger partial charge in [-0.15, -0.1) is 11.3 Å². The number of carbonyl (C=O) groups excluding carboxylic acids is 1. The number of nitrogens with zero attached hydrogens (tertiary/aromatic N) is 3. The zero-order valence-electron chi connectivity index (χ0n) is 10.9. The monoisotopic (exact) mass is 297 g/mol. The van der Waals surface area contributed by atoms with Crippen LogP contribution in [0.1, 0.15) is 10.5 Å². The van der Waals surface area contributed by atoms with Crippen LogP contribution < -0.4 is 10.6 Å². The molecule has 21 heavy (non-hydrogen) atoms. The van der Waals surface area contributed by atoms with Crippen LogP contribution in [0.15, 0.2) is 54.3 Å². The number of rotatable bonds is 4. The highest BCUT2D eigenvalue weighted by atomic mass is 32.1. The Hall–Kier alpha value is -2.80. The van der Waals surface area contributed by atoms with Crippen LogP contribution in [0.2, 0.25) is 0 Å². The number of carbonyl (C=O) groups is 1. The summed E-state index contributed by atoms with van der Waals surface area (Å²) in [6.07, 6.45) is 4.76. The van der Waals surface area contributed by atoms with Crippen LogP contribution in [0.4, 0.5) is 16.6 Å². The smallest absolute Gasteiger partial charge is 0.275 e. The Bertz CT molecular complexity index is 729. The number of amides is 1. The van der Waals surface area contributed by atoms with E-state index >= 15 is 0 Å². The second-order valence-corrected chi connectivity index (χ2v) is 4.93. The molecule has 104 valence electrons. The molecule has 0 aliphatic carbocycles. The molecule has 6 nitrogen and oxygen atoms in total. The number of para-hydroxylation sites is 1. The Balaban J connectivity index is 1.68. The maximum atomic E-state index is 12.1. The molecule has 0 bridgehead atoms. The zero-order chi connectivity index (χ0) is 14.5. The van der Waals surface area contributed by atoms with E-state index in [0.717, 1.165) is 5.69 Å². The van der Waals surface area contributed by atoms with E-state index in [9.17, 15) is 4.79 Å². The van der Waals surface area contributed by atoms with E-state index in [1.165, 1.54) is 11.3 Å². The van der Waals surface area contributed by atoms with Crippen molar-refractivity contribution in [3.8, 4) is 0 Å². The summed E-state index contributed by atoms with van der Waals surface area (Å²) in [5.74, 6) is 0.339. The molecular weight excluding hydrogens is 286 g/mol. The third-order valence-electron chi connectivity index (χ3n) is 2.57. The average molecular weight is 297 g/mol. The lowest BCUT2D eigenvalue weighted by Crippen LogP contribution is -2.12. The lowest BCUT2D eigenvalue weighted by atomic mass is 10.3. The van der Waals surface area contributed by atoms with Crippen molar-refractivity contribution in [2.45, 2.75) is 0 Å². The topological polar surface area (TPSA) is 79.8 Å². The first-order chi connectivity index (χ1) is 10.3. The quantitative estimate of drug-likeness (QED) is 0.774. The van der Waals surface area contributed by atoms with Gasteiger partial charge in [-0.25, -0.2) is 9.97 Å². The lowest BCUT2D eigenvalue weighted by molar-refractivity contribution is 0.102. The van der Waals surface area contributed by atoms with E-state index in [-0.39, 0.29) is 5.91 Å². The first-order valence-corrected chi connectivity index (χ1v) is 7.04. The predicted octanol–water partition coefficient (Wildman–Crippen LogP) is 2.93. The molecule has 0 aliphatic heterocycles. The maximum absolute atomic E-state index is 12.1. The minimum absolute atomic E-state index is 0.246. The summed E-state index contributed by atoms with van der Waals surface area (Å²) in [6, 6.07) is 9.25. The molecule has 0 spiro atoms. The highest BCUT2D eigenvalue weighted by Crippen LogP contribution is 2.19. The van der Waals surface area contributed by atoms with Gasteiger partial charge in [0.05, 0.1) is 6.20 Å². The summed E-state index contributed by atoms with van der Waals surface area (Å²) in [7, 11) is 0. The van der Waals surface area contributed by atoms with Gasteiger partial charge in [0.25, 0.3) is 5.91 Å². The van der Waals surface area contributed by atoms with Gasteiger partial charge in [0.2, 0.25) is 0 Å². The van der Waals surface area contributed by atoms with Gasteiger partial charge in [-0.05, 0) is 12.1 Å². The van der Waals surface area contributed by atoms with Crippen LogP contribution in [0.5, 0.6) is 0 Å². The molecule has 0 saturated heterocycles. The minimum atomic E-state index is -0.246. The Kier molecular flexibility index (Phi) is 3.83. The SMILES string of the molecule is O=C(Nc1ccccc1)c1csc(Nc2cnccn2)n1. The fourth-order valence-electron chi connectivity index (χ4n) is 1.63. The van der Waals surface area contributed by atoms with Crippen molar-refractivity contribution in [2.75, 3.05) is 10.6 Å². The third-order valence-corrected chi connectivity index (χ3v) is 3.32. The van der Waals surface area contributed by atoms with Crippen LogP contribution in [0.3, 0.4) is 0 Å². The first kappa shape index (κ1) is 13.2. The maximum Gasteiger partial charge on any atom is 0.275 e. The zero-order valence-corrected chi connectivity index (χ0v) is 11.7. The summed E-state index contributed by atoms with van der Waals surface area (Å²) in [5, 5.41) is 8.06. The van der Waals surface area contributed by atoms with E-state index in [1.54, 1.807) is 24.0 Å². The molecule has 0 unspecified atom stereocenters. The fourth-order valence-corrected chi connectivity index (χ4v) is 2.32. The predicted molar refractivity (Wildman–Crippen MR) is 81.8 cm³/mol. The van der Waals surface area contributed by atoms with Crippen molar-refractivity contribution in [1.82, 2.24) is 15.0 Å². The number of hydrogen-bond acceptors (Lipinski definition) is 6. The molecular formula is C14H11N5OS. The number of anilines is 3. The van der Waals surface area contributed by atoms with E-state index < -0.39 is 0 Å². The van der Waals surface area contributed by atoms with Crippen molar-refractivity contribution in [2.24, 2.45) is 0 Å². The van der Waals surface area contributed by atoms with E-state index in [1.807, 2.05) is 30.3 Å².